The fourth-order valence-electron chi connectivity index (χ4n) is 3.27. The Morgan fingerprint density at radius 2 is 1.85 bits per heavy atom. The third-order valence-corrected chi connectivity index (χ3v) is 5.15. The smallest absolute Gasteiger partial charge is 0.120 e. The van der Waals surface area contributed by atoms with Gasteiger partial charge >= 0.3 is 0 Å². The lowest BCUT2D eigenvalue weighted by Gasteiger charge is -2.37. The fraction of sp³-hybridized carbons (Fsp3) is 0.429. The number of rotatable bonds is 8. The minimum absolute atomic E-state index is 0.307. The maximum absolute atomic E-state index is 10.3. The first-order valence-corrected chi connectivity index (χ1v) is 9.64. The Bertz CT molecular complexity index is 720. The number of anilines is 1. The van der Waals surface area contributed by atoms with E-state index in [1.54, 1.807) is 7.11 Å². The van der Waals surface area contributed by atoms with Crippen LogP contribution < -0.4 is 9.64 Å². The molecule has 0 saturated carbocycles. The van der Waals surface area contributed by atoms with E-state index in [0.29, 0.717) is 24.8 Å². The highest BCUT2D eigenvalue weighted by molar-refractivity contribution is 6.31. The van der Waals surface area contributed by atoms with Crippen LogP contribution in [0.3, 0.4) is 0 Å². The normalized spacial score (nSPS) is 16.3. The minimum Gasteiger partial charge on any atom is -0.497 e. The summed E-state index contributed by atoms with van der Waals surface area (Å²) in [5, 5.41) is 11.0. The third-order valence-electron chi connectivity index (χ3n) is 4.79. The van der Waals surface area contributed by atoms with Gasteiger partial charge < -0.3 is 19.5 Å². The van der Waals surface area contributed by atoms with Crippen LogP contribution in [0.2, 0.25) is 5.02 Å². The molecule has 1 N–H and O–H groups in total. The first kappa shape index (κ1) is 20.0. The number of nitrogens with zero attached hydrogens (tertiary/aromatic N) is 2. The van der Waals surface area contributed by atoms with Crippen molar-refractivity contribution >= 4 is 17.3 Å². The zero-order valence-corrected chi connectivity index (χ0v) is 16.4. The number of benzene rings is 2. The van der Waals surface area contributed by atoms with Crippen LogP contribution in [0.5, 0.6) is 5.75 Å². The van der Waals surface area contributed by atoms with Crippen molar-refractivity contribution in [3.8, 4) is 5.75 Å². The van der Waals surface area contributed by atoms with Crippen molar-refractivity contribution in [1.29, 1.82) is 0 Å². The number of piperazine rings is 1. The molecule has 3 rings (SSSR count). The van der Waals surface area contributed by atoms with Gasteiger partial charge in [0, 0.05) is 49.5 Å². The predicted molar refractivity (Wildman–Crippen MR) is 109 cm³/mol. The standard InChI is InChI=1S/C21H27ClN2O3/c1-26-20-7-4-6-18(13-20)24-11-9-23(10-12-24)14-19(25)16-27-15-17-5-2-3-8-21(17)22/h2-8,13,19,25H,9-12,14-16H2,1H3. The lowest BCUT2D eigenvalue weighted by atomic mass is 10.2. The second kappa shape index (κ2) is 9.95. The molecule has 2 aromatic rings. The van der Waals surface area contributed by atoms with Gasteiger partial charge in [0.1, 0.15) is 5.75 Å². The van der Waals surface area contributed by atoms with E-state index in [4.69, 9.17) is 21.1 Å². The molecule has 1 heterocycles. The summed E-state index contributed by atoms with van der Waals surface area (Å²) in [5.74, 6) is 0.876. The number of methoxy groups -OCH3 is 1. The maximum Gasteiger partial charge on any atom is 0.120 e. The van der Waals surface area contributed by atoms with Crippen molar-refractivity contribution in [3.05, 3.63) is 59.1 Å². The van der Waals surface area contributed by atoms with Gasteiger partial charge in [-0.1, -0.05) is 35.9 Å². The molecule has 2 aromatic carbocycles. The van der Waals surface area contributed by atoms with Gasteiger partial charge in [-0.2, -0.15) is 0 Å². The van der Waals surface area contributed by atoms with Crippen molar-refractivity contribution < 1.29 is 14.6 Å². The summed E-state index contributed by atoms with van der Waals surface area (Å²) >= 11 is 6.12. The summed E-state index contributed by atoms with van der Waals surface area (Å²) < 4.78 is 10.9. The van der Waals surface area contributed by atoms with Crippen LogP contribution in [0, 0.1) is 0 Å². The molecule has 27 heavy (non-hydrogen) atoms. The van der Waals surface area contributed by atoms with Crippen molar-refractivity contribution in [1.82, 2.24) is 4.90 Å². The van der Waals surface area contributed by atoms with E-state index in [0.717, 1.165) is 37.5 Å². The van der Waals surface area contributed by atoms with E-state index >= 15 is 0 Å². The van der Waals surface area contributed by atoms with E-state index in [-0.39, 0.29) is 0 Å². The largest absolute Gasteiger partial charge is 0.497 e. The number of β-amino-alcohol motifs (C(OH)–C–C–N with tert-alkyl or cyclic N) is 1. The molecule has 1 aliphatic rings. The van der Waals surface area contributed by atoms with Gasteiger partial charge in [-0.25, -0.2) is 0 Å². The Balaban J connectivity index is 1.39. The molecule has 1 atom stereocenters. The molecule has 0 spiro atoms. The van der Waals surface area contributed by atoms with Crippen molar-refractivity contribution in [2.75, 3.05) is 51.3 Å². The highest BCUT2D eigenvalue weighted by Crippen LogP contribution is 2.22. The topological polar surface area (TPSA) is 45.2 Å². The number of aliphatic hydroxyl groups excluding tert-OH is 1. The van der Waals surface area contributed by atoms with E-state index < -0.39 is 6.10 Å². The predicted octanol–water partition coefficient (Wildman–Crippen LogP) is 3.05. The molecule has 1 saturated heterocycles. The molecule has 1 unspecified atom stereocenters. The molecule has 0 radical (unpaired) electrons. The van der Waals surface area contributed by atoms with Gasteiger partial charge in [0.25, 0.3) is 0 Å². The monoisotopic (exact) mass is 390 g/mol. The number of hydrogen-bond acceptors (Lipinski definition) is 5. The summed E-state index contributed by atoms with van der Waals surface area (Å²) in [6.07, 6.45) is -0.504. The van der Waals surface area contributed by atoms with Crippen LogP contribution in [0.25, 0.3) is 0 Å². The highest BCUT2D eigenvalue weighted by atomic mass is 35.5. The lowest BCUT2D eigenvalue weighted by Crippen LogP contribution is -2.49. The van der Waals surface area contributed by atoms with Crippen LogP contribution in [-0.4, -0.2) is 62.6 Å². The Labute approximate surface area is 166 Å². The van der Waals surface area contributed by atoms with E-state index in [1.807, 2.05) is 36.4 Å². The number of ether oxygens (including phenoxy) is 2. The number of hydrogen-bond donors (Lipinski definition) is 1. The maximum atomic E-state index is 10.3. The molecule has 5 nitrogen and oxygen atoms in total. The second-order valence-corrected chi connectivity index (χ2v) is 7.16. The Hall–Kier alpha value is -1.79. The molecular weight excluding hydrogens is 364 g/mol. The third kappa shape index (κ3) is 5.84. The van der Waals surface area contributed by atoms with E-state index in [2.05, 4.69) is 21.9 Å². The number of halogens is 1. The number of aliphatic hydroxyl groups is 1. The van der Waals surface area contributed by atoms with Gasteiger partial charge in [-0.05, 0) is 23.8 Å². The summed E-state index contributed by atoms with van der Waals surface area (Å²) in [4.78, 5) is 4.62. The van der Waals surface area contributed by atoms with Crippen LogP contribution >= 0.6 is 11.6 Å². The summed E-state index contributed by atoms with van der Waals surface area (Å²) in [6.45, 7) is 5.04. The van der Waals surface area contributed by atoms with Crippen molar-refractivity contribution in [2.45, 2.75) is 12.7 Å². The average Bonchev–Trinajstić information content (AvgIpc) is 2.70. The van der Waals surface area contributed by atoms with Gasteiger partial charge in [0.2, 0.25) is 0 Å². The van der Waals surface area contributed by atoms with Gasteiger partial charge in [0.05, 0.1) is 26.4 Å². The van der Waals surface area contributed by atoms with Crippen LogP contribution in [0.15, 0.2) is 48.5 Å². The molecule has 1 fully saturated rings. The Morgan fingerprint density at radius 1 is 1.07 bits per heavy atom. The molecule has 1 aliphatic heterocycles. The summed E-state index contributed by atoms with van der Waals surface area (Å²) in [7, 11) is 1.69. The average molecular weight is 391 g/mol. The zero-order chi connectivity index (χ0) is 19.1. The zero-order valence-electron chi connectivity index (χ0n) is 15.7. The summed E-state index contributed by atoms with van der Waals surface area (Å²) in [6, 6.07) is 15.8. The second-order valence-electron chi connectivity index (χ2n) is 6.75. The molecule has 0 bridgehead atoms. The van der Waals surface area contributed by atoms with E-state index in [9.17, 15) is 5.11 Å². The van der Waals surface area contributed by atoms with Crippen LogP contribution in [-0.2, 0) is 11.3 Å². The quantitative estimate of drug-likeness (QED) is 0.750. The SMILES string of the molecule is COc1cccc(N2CCN(CC(O)COCc3ccccc3Cl)CC2)c1. The minimum atomic E-state index is -0.504. The van der Waals surface area contributed by atoms with Gasteiger partial charge in [0.15, 0.2) is 0 Å². The first-order chi connectivity index (χ1) is 13.2. The van der Waals surface area contributed by atoms with Gasteiger partial charge in [-0.3, -0.25) is 4.90 Å². The van der Waals surface area contributed by atoms with Gasteiger partial charge in [-0.15, -0.1) is 0 Å². The first-order valence-electron chi connectivity index (χ1n) is 9.26. The molecule has 146 valence electrons. The van der Waals surface area contributed by atoms with Crippen LogP contribution in [0.1, 0.15) is 5.56 Å². The molecule has 0 aliphatic carbocycles. The Morgan fingerprint density at radius 3 is 2.59 bits per heavy atom. The highest BCUT2D eigenvalue weighted by Gasteiger charge is 2.20. The Kier molecular flexibility index (Phi) is 7.35. The molecule has 0 amide bonds. The van der Waals surface area contributed by atoms with Crippen molar-refractivity contribution in [3.63, 3.8) is 0 Å². The lowest BCUT2D eigenvalue weighted by molar-refractivity contribution is 0.00916. The molecular formula is C21H27ClN2O3. The molecule has 0 aromatic heterocycles. The van der Waals surface area contributed by atoms with Crippen molar-refractivity contribution in [2.24, 2.45) is 0 Å². The molecule has 6 heteroatoms. The van der Waals surface area contributed by atoms with E-state index in [1.165, 1.54) is 5.69 Å². The van der Waals surface area contributed by atoms with Crippen LogP contribution in [0.4, 0.5) is 5.69 Å². The fourth-order valence-corrected chi connectivity index (χ4v) is 3.46. The summed E-state index contributed by atoms with van der Waals surface area (Å²) in [5.41, 5.74) is 2.12.